The van der Waals surface area contributed by atoms with Gasteiger partial charge in [0.1, 0.15) is 12.0 Å². The SMILES string of the molecule is CN(CCCC=O)CCCOc1ccc(C#N)cc1. The first kappa shape index (κ1) is 15.2. The molecular formula is C15H20N2O2. The molecule has 4 heteroatoms. The number of rotatable bonds is 9. The summed E-state index contributed by atoms with van der Waals surface area (Å²) in [6.07, 6.45) is 3.45. The van der Waals surface area contributed by atoms with E-state index in [1.165, 1.54) is 0 Å². The minimum absolute atomic E-state index is 0.631. The van der Waals surface area contributed by atoms with E-state index >= 15 is 0 Å². The molecule has 0 spiro atoms. The smallest absolute Gasteiger partial charge is 0.120 e. The minimum atomic E-state index is 0.631. The second-order valence-electron chi connectivity index (χ2n) is 4.45. The summed E-state index contributed by atoms with van der Waals surface area (Å²) in [5.41, 5.74) is 0.641. The van der Waals surface area contributed by atoms with E-state index in [0.717, 1.165) is 38.0 Å². The standard InChI is InChI=1S/C15H20N2O2/c1-17(9-2-3-11-18)10-4-12-19-15-7-5-14(13-16)6-8-15/h5-8,11H,2-4,9-10,12H2,1H3. The maximum Gasteiger partial charge on any atom is 0.120 e. The highest BCUT2D eigenvalue weighted by Crippen LogP contribution is 2.11. The molecule has 0 radical (unpaired) electrons. The molecule has 0 saturated carbocycles. The van der Waals surface area contributed by atoms with Crippen LogP contribution in [0, 0.1) is 11.3 Å². The van der Waals surface area contributed by atoms with E-state index in [2.05, 4.69) is 11.0 Å². The van der Waals surface area contributed by atoms with Crippen molar-refractivity contribution in [1.29, 1.82) is 5.26 Å². The van der Waals surface area contributed by atoms with Crippen molar-refractivity contribution in [3.8, 4) is 11.8 Å². The molecule has 1 aromatic rings. The number of nitrogens with zero attached hydrogens (tertiary/aromatic N) is 2. The molecule has 0 amide bonds. The lowest BCUT2D eigenvalue weighted by atomic mass is 10.2. The minimum Gasteiger partial charge on any atom is -0.494 e. The Kier molecular flexibility index (Phi) is 7.30. The molecule has 0 atom stereocenters. The quantitative estimate of drug-likeness (QED) is 0.505. The normalized spacial score (nSPS) is 10.2. The molecule has 0 aliphatic rings. The fourth-order valence-electron chi connectivity index (χ4n) is 1.71. The number of benzene rings is 1. The lowest BCUT2D eigenvalue weighted by Gasteiger charge is -2.15. The maximum atomic E-state index is 10.2. The van der Waals surface area contributed by atoms with E-state index in [9.17, 15) is 4.79 Å². The van der Waals surface area contributed by atoms with Crippen molar-refractivity contribution < 1.29 is 9.53 Å². The van der Waals surface area contributed by atoms with Crippen LogP contribution in [0.5, 0.6) is 5.75 Å². The van der Waals surface area contributed by atoms with Crippen LogP contribution in [0.25, 0.3) is 0 Å². The fourth-order valence-corrected chi connectivity index (χ4v) is 1.71. The first-order valence-electron chi connectivity index (χ1n) is 6.51. The molecule has 19 heavy (non-hydrogen) atoms. The van der Waals surface area contributed by atoms with Crippen molar-refractivity contribution in [1.82, 2.24) is 4.90 Å². The Bertz CT molecular complexity index is 409. The zero-order valence-corrected chi connectivity index (χ0v) is 11.3. The molecule has 102 valence electrons. The van der Waals surface area contributed by atoms with Gasteiger partial charge >= 0.3 is 0 Å². The summed E-state index contributed by atoms with van der Waals surface area (Å²) in [6.45, 7) is 2.55. The van der Waals surface area contributed by atoms with E-state index in [1.807, 2.05) is 19.2 Å². The van der Waals surface area contributed by atoms with Gasteiger partial charge in [-0.25, -0.2) is 0 Å². The van der Waals surface area contributed by atoms with Gasteiger partial charge in [0.25, 0.3) is 0 Å². The maximum absolute atomic E-state index is 10.2. The predicted molar refractivity (Wildman–Crippen MR) is 74.1 cm³/mol. The molecule has 0 aliphatic heterocycles. The number of nitriles is 1. The van der Waals surface area contributed by atoms with Crippen molar-refractivity contribution in [2.75, 3.05) is 26.7 Å². The van der Waals surface area contributed by atoms with Crippen LogP contribution in [-0.4, -0.2) is 37.9 Å². The molecule has 0 aromatic heterocycles. The zero-order valence-electron chi connectivity index (χ0n) is 11.3. The van der Waals surface area contributed by atoms with Gasteiger partial charge < -0.3 is 14.4 Å². The first-order chi connectivity index (χ1) is 9.26. The van der Waals surface area contributed by atoms with Gasteiger partial charge in [0.2, 0.25) is 0 Å². The van der Waals surface area contributed by atoms with Crippen molar-refractivity contribution >= 4 is 6.29 Å². The van der Waals surface area contributed by atoms with Crippen molar-refractivity contribution in [3.63, 3.8) is 0 Å². The number of hydrogen-bond donors (Lipinski definition) is 0. The molecule has 0 saturated heterocycles. The topological polar surface area (TPSA) is 53.3 Å². The number of unbranched alkanes of at least 4 members (excludes halogenated alkanes) is 1. The van der Waals surface area contributed by atoms with E-state index in [-0.39, 0.29) is 0 Å². The molecule has 1 aromatic carbocycles. The fraction of sp³-hybridized carbons (Fsp3) is 0.467. The Morgan fingerprint density at radius 2 is 1.95 bits per heavy atom. The Hall–Kier alpha value is -1.86. The van der Waals surface area contributed by atoms with Gasteiger partial charge in [0, 0.05) is 13.0 Å². The molecule has 0 N–H and O–H groups in total. The van der Waals surface area contributed by atoms with Crippen molar-refractivity contribution in [2.45, 2.75) is 19.3 Å². The molecule has 0 unspecified atom stereocenters. The number of aldehydes is 1. The molecular weight excluding hydrogens is 240 g/mol. The second-order valence-corrected chi connectivity index (χ2v) is 4.45. The van der Waals surface area contributed by atoms with Crippen LogP contribution in [-0.2, 0) is 4.79 Å². The van der Waals surface area contributed by atoms with Gasteiger partial charge in [-0.2, -0.15) is 5.26 Å². The van der Waals surface area contributed by atoms with Crippen molar-refractivity contribution in [3.05, 3.63) is 29.8 Å². The highest BCUT2D eigenvalue weighted by Gasteiger charge is 1.99. The van der Waals surface area contributed by atoms with Gasteiger partial charge in [-0.1, -0.05) is 0 Å². The number of carbonyl (C=O) groups is 1. The summed E-state index contributed by atoms with van der Waals surface area (Å²) in [6, 6.07) is 9.20. The van der Waals surface area contributed by atoms with Gasteiger partial charge in [0.05, 0.1) is 18.2 Å². The van der Waals surface area contributed by atoms with Gasteiger partial charge in [-0.15, -0.1) is 0 Å². The average molecular weight is 260 g/mol. The van der Waals surface area contributed by atoms with Crippen LogP contribution >= 0.6 is 0 Å². The van der Waals surface area contributed by atoms with Gasteiger partial charge in [0.15, 0.2) is 0 Å². The van der Waals surface area contributed by atoms with E-state index < -0.39 is 0 Å². The Labute approximate surface area is 114 Å². The van der Waals surface area contributed by atoms with E-state index in [0.29, 0.717) is 18.6 Å². The summed E-state index contributed by atoms with van der Waals surface area (Å²) in [4.78, 5) is 12.4. The van der Waals surface area contributed by atoms with Crippen LogP contribution in [0.3, 0.4) is 0 Å². The number of carbonyl (C=O) groups excluding carboxylic acids is 1. The van der Waals surface area contributed by atoms with Crippen molar-refractivity contribution in [2.24, 2.45) is 0 Å². The third-order valence-electron chi connectivity index (χ3n) is 2.80. The monoisotopic (exact) mass is 260 g/mol. The summed E-state index contributed by atoms with van der Waals surface area (Å²) in [7, 11) is 2.05. The molecule has 0 heterocycles. The second kappa shape index (κ2) is 9.12. The van der Waals surface area contributed by atoms with Gasteiger partial charge in [-0.05, 0) is 50.7 Å². The van der Waals surface area contributed by atoms with Crippen LogP contribution < -0.4 is 4.74 Å². The first-order valence-corrected chi connectivity index (χ1v) is 6.51. The Morgan fingerprint density at radius 3 is 2.58 bits per heavy atom. The molecule has 0 fully saturated rings. The molecule has 0 aliphatic carbocycles. The molecule has 0 bridgehead atoms. The third-order valence-corrected chi connectivity index (χ3v) is 2.80. The summed E-state index contributed by atoms with van der Waals surface area (Å²) >= 11 is 0. The summed E-state index contributed by atoms with van der Waals surface area (Å²) < 4.78 is 5.59. The molecule has 1 rings (SSSR count). The van der Waals surface area contributed by atoms with Crippen LogP contribution in [0.1, 0.15) is 24.8 Å². The van der Waals surface area contributed by atoms with E-state index in [4.69, 9.17) is 10.00 Å². The Morgan fingerprint density at radius 1 is 1.26 bits per heavy atom. The highest BCUT2D eigenvalue weighted by molar-refractivity contribution is 5.48. The molecule has 4 nitrogen and oxygen atoms in total. The third kappa shape index (κ3) is 6.58. The van der Waals surface area contributed by atoms with E-state index in [1.54, 1.807) is 12.1 Å². The number of ether oxygens (including phenoxy) is 1. The predicted octanol–water partition coefficient (Wildman–Crippen LogP) is 2.24. The zero-order chi connectivity index (χ0) is 13.9. The largest absolute Gasteiger partial charge is 0.494 e. The summed E-state index contributed by atoms with van der Waals surface area (Å²) in [5, 5.41) is 8.67. The Balaban J connectivity index is 2.12. The average Bonchev–Trinajstić information content (AvgIpc) is 2.44. The van der Waals surface area contributed by atoms with Crippen LogP contribution in [0.15, 0.2) is 24.3 Å². The summed E-state index contributed by atoms with van der Waals surface area (Å²) in [5.74, 6) is 0.794. The number of hydrogen-bond acceptors (Lipinski definition) is 4. The lowest BCUT2D eigenvalue weighted by molar-refractivity contribution is -0.108. The van der Waals surface area contributed by atoms with Crippen LogP contribution in [0.4, 0.5) is 0 Å². The van der Waals surface area contributed by atoms with Crippen LogP contribution in [0.2, 0.25) is 0 Å². The lowest BCUT2D eigenvalue weighted by Crippen LogP contribution is -2.22. The highest BCUT2D eigenvalue weighted by atomic mass is 16.5. The van der Waals surface area contributed by atoms with Gasteiger partial charge in [-0.3, -0.25) is 0 Å².